The largest absolute Gasteiger partial charge is 0.385 e. The monoisotopic (exact) mass is 363 g/mol. The fourth-order valence-electron chi connectivity index (χ4n) is 2.87. The van der Waals surface area contributed by atoms with E-state index in [4.69, 9.17) is 9.84 Å². The van der Waals surface area contributed by atoms with E-state index in [-0.39, 0.29) is 5.91 Å². The highest BCUT2D eigenvalue weighted by Gasteiger charge is 2.18. The van der Waals surface area contributed by atoms with Crippen LogP contribution in [0.3, 0.4) is 0 Å². The van der Waals surface area contributed by atoms with Crippen LogP contribution in [-0.4, -0.2) is 35.9 Å². The van der Waals surface area contributed by atoms with Gasteiger partial charge in [-0.05, 0) is 49.6 Å². The van der Waals surface area contributed by atoms with Crippen molar-refractivity contribution in [1.82, 2.24) is 15.1 Å². The molecule has 1 aromatic heterocycles. The first-order valence-electron chi connectivity index (χ1n) is 9.10. The molecule has 0 saturated heterocycles. The van der Waals surface area contributed by atoms with Crippen molar-refractivity contribution >= 4 is 5.91 Å². The summed E-state index contributed by atoms with van der Waals surface area (Å²) < 4.78 is 6.80. The van der Waals surface area contributed by atoms with Crippen molar-refractivity contribution in [2.75, 3.05) is 20.3 Å². The van der Waals surface area contributed by atoms with Gasteiger partial charge in [-0.25, -0.2) is 4.68 Å². The van der Waals surface area contributed by atoms with Crippen LogP contribution in [0.25, 0.3) is 16.9 Å². The van der Waals surface area contributed by atoms with Gasteiger partial charge in [0.15, 0.2) is 0 Å². The number of carbonyl (C=O) groups excluding carboxylic acids is 1. The zero-order chi connectivity index (χ0) is 19.2. The number of aryl methyl sites for hydroxylation is 2. The van der Waals surface area contributed by atoms with Gasteiger partial charge >= 0.3 is 0 Å². The number of benzene rings is 2. The van der Waals surface area contributed by atoms with Crippen LogP contribution in [0.15, 0.2) is 54.7 Å². The summed E-state index contributed by atoms with van der Waals surface area (Å²) in [4.78, 5) is 12.8. The van der Waals surface area contributed by atoms with Crippen LogP contribution < -0.4 is 5.32 Å². The van der Waals surface area contributed by atoms with Gasteiger partial charge in [0.1, 0.15) is 5.69 Å². The number of methoxy groups -OCH3 is 1. The zero-order valence-electron chi connectivity index (χ0n) is 16.0. The van der Waals surface area contributed by atoms with Gasteiger partial charge in [0.2, 0.25) is 0 Å². The van der Waals surface area contributed by atoms with E-state index in [9.17, 15) is 4.79 Å². The Morgan fingerprint density at radius 2 is 1.89 bits per heavy atom. The molecule has 27 heavy (non-hydrogen) atoms. The van der Waals surface area contributed by atoms with E-state index in [2.05, 4.69) is 31.3 Å². The molecule has 0 radical (unpaired) electrons. The predicted molar refractivity (Wildman–Crippen MR) is 107 cm³/mol. The Bertz CT molecular complexity index is 917. The van der Waals surface area contributed by atoms with Crippen molar-refractivity contribution < 1.29 is 9.53 Å². The smallest absolute Gasteiger partial charge is 0.255 e. The average Bonchev–Trinajstić information content (AvgIpc) is 3.13. The molecule has 0 aliphatic carbocycles. The molecule has 3 rings (SSSR count). The Morgan fingerprint density at radius 1 is 1.11 bits per heavy atom. The first-order valence-corrected chi connectivity index (χ1v) is 9.10. The van der Waals surface area contributed by atoms with Gasteiger partial charge in [0.05, 0.1) is 11.3 Å². The Hall–Kier alpha value is -2.92. The minimum absolute atomic E-state index is 0.124. The van der Waals surface area contributed by atoms with Crippen molar-refractivity contribution in [2.45, 2.75) is 20.3 Å². The number of ether oxygens (including phenoxy) is 1. The van der Waals surface area contributed by atoms with Gasteiger partial charge in [-0.1, -0.05) is 30.3 Å². The predicted octanol–water partition coefficient (Wildman–Crippen LogP) is 3.92. The van der Waals surface area contributed by atoms with Crippen LogP contribution in [0.5, 0.6) is 0 Å². The highest BCUT2D eigenvalue weighted by atomic mass is 16.5. The van der Waals surface area contributed by atoms with Crippen LogP contribution in [-0.2, 0) is 4.74 Å². The Balaban J connectivity index is 1.97. The number of rotatable bonds is 7. The maximum Gasteiger partial charge on any atom is 0.255 e. The molecule has 5 nitrogen and oxygen atoms in total. The summed E-state index contributed by atoms with van der Waals surface area (Å²) in [6.07, 6.45) is 2.57. The summed E-state index contributed by atoms with van der Waals surface area (Å²) in [7, 11) is 1.66. The molecule has 2 aromatic carbocycles. The molecule has 0 bridgehead atoms. The topological polar surface area (TPSA) is 56.1 Å². The lowest BCUT2D eigenvalue weighted by atomic mass is 10.0. The van der Waals surface area contributed by atoms with E-state index < -0.39 is 0 Å². The summed E-state index contributed by atoms with van der Waals surface area (Å²) in [5, 5.41) is 7.68. The van der Waals surface area contributed by atoms with E-state index in [1.54, 1.807) is 18.0 Å². The maximum atomic E-state index is 12.8. The lowest BCUT2D eigenvalue weighted by molar-refractivity contribution is 0.0949. The maximum absolute atomic E-state index is 12.8. The van der Waals surface area contributed by atoms with Crippen molar-refractivity contribution in [2.24, 2.45) is 0 Å². The molecule has 0 saturated carbocycles. The molecular weight excluding hydrogens is 338 g/mol. The molecule has 0 aliphatic heterocycles. The third-order valence-corrected chi connectivity index (χ3v) is 4.57. The van der Waals surface area contributed by atoms with Gasteiger partial charge < -0.3 is 10.1 Å². The molecule has 1 N–H and O–H groups in total. The van der Waals surface area contributed by atoms with Gasteiger partial charge in [-0.2, -0.15) is 5.10 Å². The fourth-order valence-corrected chi connectivity index (χ4v) is 2.87. The van der Waals surface area contributed by atoms with Crippen molar-refractivity contribution in [3.05, 3.63) is 71.4 Å². The number of hydrogen-bond donors (Lipinski definition) is 1. The van der Waals surface area contributed by atoms with Gasteiger partial charge in [-0.15, -0.1) is 0 Å². The van der Waals surface area contributed by atoms with Crippen molar-refractivity contribution in [1.29, 1.82) is 0 Å². The minimum atomic E-state index is -0.124. The van der Waals surface area contributed by atoms with E-state index in [0.29, 0.717) is 24.4 Å². The van der Waals surface area contributed by atoms with Crippen molar-refractivity contribution in [3.8, 4) is 16.9 Å². The fraction of sp³-hybridized carbons (Fsp3) is 0.273. The number of amides is 1. The van der Waals surface area contributed by atoms with Crippen molar-refractivity contribution in [3.63, 3.8) is 0 Å². The van der Waals surface area contributed by atoms with Crippen LogP contribution in [0.2, 0.25) is 0 Å². The highest BCUT2D eigenvalue weighted by molar-refractivity contribution is 6.00. The second kappa shape index (κ2) is 8.64. The SMILES string of the molecule is COCCCNC(=O)c1cn(-c2ccccc2)nc1-c1ccc(C)c(C)c1. The summed E-state index contributed by atoms with van der Waals surface area (Å²) in [6.45, 7) is 5.33. The van der Waals surface area contributed by atoms with Crippen LogP contribution in [0, 0.1) is 13.8 Å². The minimum Gasteiger partial charge on any atom is -0.385 e. The third kappa shape index (κ3) is 4.44. The Morgan fingerprint density at radius 3 is 2.59 bits per heavy atom. The molecular formula is C22H25N3O2. The van der Waals surface area contributed by atoms with E-state index >= 15 is 0 Å². The first kappa shape index (κ1) is 18.9. The summed E-state index contributed by atoms with van der Waals surface area (Å²) >= 11 is 0. The Labute approximate surface area is 160 Å². The number of nitrogens with one attached hydrogen (secondary N) is 1. The van der Waals surface area contributed by atoms with Gasteiger partial charge in [0.25, 0.3) is 5.91 Å². The summed E-state index contributed by atoms with van der Waals surface area (Å²) in [6, 6.07) is 16.0. The molecule has 140 valence electrons. The second-order valence-electron chi connectivity index (χ2n) is 6.57. The molecule has 0 spiro atoms. The molecule has 0 aliphatic rings. The number of aromatic nitrogens is 2. The van der Waals surface area contributed by atoms with E-state index in [1.807, 2.05) is 36.4 Å². The molecule has 0 fully saturated rings. The van der Waals surface area contributed by atoms with Crippen LogP contribution in [0.1, 0.15) is 27.9 Å². The van der Waals surface area contributed by atoms with Gasteiger partial charge in [0, 0.05) is 32.0 Å². The zero-order valence-corrected chi connectivity index (χ0v) is 16.0. The third-order valence-electron chi connectivity index (χ3n) is 4.57. The lowest BCUT2D eigenvalue weighted by Gasteiger charge is -2.07. The standard InChI is InChI=1S/C22H25N3O2/c1-16-10-11-18(14-17(16)2)21-20(22(26)23-12-7-13-27-3)15-25(24-21)19-8-5-4-6-9-19/h4-6,8-11,14-15H,7,12-13H2,1-3H3,(H,23,26). The molecule has 3 aromatic rings. The molecule has 0 unspecified atom stereocenters. The van der Waals surface area contributed by atoms with E-state index in [0.717, 1.165) is 17.7 Å². The summed E-state index contributed by atoms with van der Waals surface area (Å²) in [5.74, 6) is -0.124. The quantitative estimate of drug-likeness (QED) is 0.647. The number of carbonyl (C=O) groups is 1. The van der Waals surface area contributed by atoms with Gasteiger partial charge in [-0.3, -0.25) is 4.79 Å². The van der Waals surface area contributed by atoms with E-state index in [1.165, 1.54) is 11.1 Å². The van der Waals surface area contributed by atoms with Crippen LogP contribution >= 0.6 is 0 Å². The first-order chi connectivity index (χ1) is 13.1. The number of hydrogen-bond acceptors (Lipinski definition) is 3. The molecule has 5 heteroatoms. The summed E-state index contributed by atoms with van der Waals surface area (Å²) in [5.41, 5.74) is 5.50. The highest BCUT2D eigenvalue weighted by Crippen LogP contribution is 2.25. The molecule has 1 amide bonds. The second-order valence-corrected chi connectivity index (χ2v) is 6.57. The average molecular weight is 363 g/mol. The molecule has 0 atom stereocenters. The number of nitrogens with zero attached hydrogens (tertiary/aromatic N) is 2. The normalized spacial score (nSPS) is 10.8. The lowest BCUT2D eigenvalue weighted by Crippen LogP contribution is -2.25. The number of para-hydroxylation sites is 1. The molecule has 1 heterocycles. The van der Waals surface area contributed by atoms with Crippen LogP contribution in [0.4, 0.5) is 0 Å². The Kier molecular flexibility index (Phi) is 6.04.